The third-order valence-corrected chi connectivity index (χ3v) is 2.83. The second-order valence-corrected chi connectivity index (χ2v) is 5.97. The molecule has 6 nitrogen and oxygen atoms in total. The summed E-state index contributed by atoms with van der Waals surface area (Å²) < 4.78 is 0. The molecular weight excluding hydrogens is 260 g/mol. The highest BCUT2D eigenvalue weighted by molar-refractivity contribution is 6.35. The lowest BCUT2D eigenvalue weighted by atomic mass is 10.0. The van der Waals surface area contributed by atoms with Crippen LogP contribution in [0.3, 0.4) is 0 Å². The molecule has 0 aromatic rings. The van der Waals surface area contributed by atoms with Crippen molar-refractivity contribution in [2.24, 2.45) is 11.8 Å². The molecule has 0 rings (SSSR count). The molecule has 0 radical (unpaired) electrons. The van der Waals surface area contributed by atoms with Crippen LogP contribution in [0.5, 0.6) is 0 Å². The van der Waals surface area contributed by atoms with Crippen molar-refractivity contribution in [3.05, 3.63) is 0 Å². The molecule has 0 aliphatic carbocycles. The Balaban J connectivity index is 4.35. The number of amides is 2. The molecular formula is C14H28N2O4. The smallest absolute Gasteiger partial charge is 0.309 e. The van der Waals surface area contributed by atoms with Gasteiger partial charge >= 0.3 is 11.8 Å². The zero-order valence-electron chi connectivity index (χ0n) is 12.8. The van der Waals surface area contributed by atoms with Gasteiger partial charge in [-0.2, -0.15) is 0 Å². The van der Waals surface area contributed by atoms with E-state index in [2.05, 4.69) is 10.6 Å². The van der Waals surface area contributed by atoms with Gasteiger partial charge in [-0.3, -0.25) is 9.59 Å². The lowest BCUT2D eigenvalue weighted by Crippen LogP contribution is -2.50. The highest BCUT2D eigenvalue weighted by Crippen LogP contribution is 2.05. The van der Waals surface area contributed by atoms with Crippen LogP contribution in [-0.2, 0) is 9.59 Å². The van der Waals surface area contributed by atoms with Crippen LogP contribution in [0.2, 0.25) is 0 Å². The fraction of sp³-hybridized carbons (Fsp3) is 0.857. The highest BCUT2D eigenvalue weighted by atomic mass is 16.3. The van der Waals surface area contributed by atoms with E-state index in [0.717, 1.165) is 0 Å². The summed E-state index contributed by atoms with van der Waals surface area (Å²) in [6, 6.07) is -0.850. The number of rotatable bonds is 8. The molecule has 4 N–H and O–H groups in total. The van der Waals surface area contributed by atoms with Crippen LogP contribution in [-0.4, -0.2) is 47.3 Å². The fourth-order valence-corrected chi connectivity index (χ4v) is 2.00. The number of aliphatic hydroxyl groups excluding tert-OH is 2. The minimum absolute atomic E-state index is 0.202. The predicted octanol–water partition coefficient (Wildman–Crippen LogP) is 0.0328. The molecule has 0 saturated heterocycles. The Morgan fingerprint density at radius 1 is 0.800 bits per heavy atom. The van der Waals surface area contributed by atoms with Crippen molar-refractivity contribution in [1.29, 1.82) is 0 Å². The molecule has 2 atom stereocenters. The van der Waals surface area contributed by atoms with Crippen molar-refractivity contribution in [3.63, 3.8) is 0 Å². The van der Waals surface area contributed by atoms with Crippen molar-refractivity contribution in [1.82, 2.24) is 10.6 Å². The van der Waals surface area contributed by atoms with E-state index >= 15 is 0 Å². The SMILES string of the molecule is CC(C)C[C@@H](CO)NC(=O)C(=O)N[C@@H](CO)CC(C)C. The Kier molecular flexibility index (Phi) is 9.16. The Hall–Kier alpha value is -1.14. The maximum Gasteiger partial charge on any atom is 0.309 e. The van der Waals surface area contributed by atoms with Crippen LogP contribution in [0, 0.1) is 11.8 Å². The molecule has 0 fully saturated rings. The highest BCUT2D eigenvalue weighted by Gasteiger charge is 2.21. The number of carbonyl (C=O) groups excluding carboxylic acids is 2. The number of hydrogen-bond acceptors (Lipinski definition) is 4. The van der Waals surface area contributed by atoms with Gasteiger partial charge in [-0.1, -0.05) is 27.7 Å². The average molecular weight is 288 g/mol. The van der Waals surface area contributed by atoms with Gasteiger partial charge in [0.1, 0.15) is 0 Å². The summed E-state index contributed by atoms with van der Waals surface area (Å²) in [4.78, 5) is 23.4. The molecule has 6 heteroatoms. The summed E-state index contributed by atoms with van der Waals surface area (Å²) >= 11 is 0. The van der Waals surface area contributed by atoms with Crippen molar-refractivity contribution in [2.75, 3.05) is 13.2 Å². The second-order valence-electron chi connectivity index (χ2n) is 5.97. The molecule has 0 saturated carbocycles. The van der Waals surface area contributed by atoms with Gasteiger partial charge in [0, 0.05) is 0 Å². The third-order valence-electron chi connectivity index (χ3n) is 2.83. The predicted molar refractivity (Wildman–Crippen MR) is 76.9 cm³/mol. The van der Waals surface area contributed by atoms with Crippen LogP contribution in [0.4, 0.5) is 0 Å². The van der Waals surface area contributed by atoms with Gasteiger partial charge in [-0.25, -0.2) is 0 Å². The van der Waals surface area contributed by atoms with Crippen molar-refractivity contribution in [2.45, 2.75) is 52.6 Å². The molecule has 0 aromatic carbocycles. The molecule has 20 heavy (non-hydrogen) atoms. The maximum atomic E-state index is 11.7. The Morgan fingerprint density at radius 2 is 1.10 bits per heavy atom. The molecule has 0 aromatic heterocycles. The minimum Gasteiger partial charge on any atom is -0.394 e. The van der Waals surface area contributed by atoms with E-state index in [0.29, 0.717) is 24.7 Å². The van der Waals surface area contributed by atoms with Gasteiger partial charge in [0.15, 0.2) is 0 Å². The summed E-state index contributed by atoms with van der Waals surface area (Å²) in [6.45, 7) is 7.48. The van der Waals surface area contributed by atoms with E-state index in [1.165, 1.54) is 0 Å². The molecule has 0 spiro atoms. The molecule has 0 heterocycles. The van der Waals surface area contributed by atoms with E-state index in [1.54, 1.807) is 0 Å². The fourth-order valence-electron chi connectivity index (χ4n) is 2.00. The Morgan fingerprint density at radius 3 is 1.30 bits per heavy atom. The van der Waals surface area contributed by atoms with Crippen LogP contribution < -0.4 is 10.6 Å². The standard InChI is InChI=1S/C14H28N2O4/c1-9(2)5-11(7-17)15-13(19)14(20)16-12(8-18)6-10(3)4/h9-12,17-18H,5-8H2,1-4H3,(H,15,19)(H,16,20)/t11-,12+. The number of nitrogens with one attached hydrogen (secondary N) is 2. The Bertz CT molecular complexity index is 276. The van der Waals surface area contributed by atoms with Crippen molar-refractivity contribution >= 4 is 11.8 Å². The lowest BCUT2D eigenvalue weighted by Gasteiger charge is -2.20. The van der Waals surface area contributed by atoms with E-state index < -0.39 is 23.9 Å². The summed E-state index contributed by atoms with van der Waals surface area (Å²) in [5, 5.41) is 23.3. The van der Waals surface area contributed by atoms with E-state index in [4.69, 9.17) is 10.2 Å². The van der Waals surface area contributed by atoms with Gasteiger partial charge in [0.25, 0.3) is 0 Å². The van der Waals surface area contributed by atoms with Crippen LogP contribution in [0.25, 0.3) is 0 Å². The van der Waals surface area contributed by atoms with Gasteiger partial charge < -0.3 is 20.8 Å². The quantitative estimate of drug-likeness (QED) is 0.474. The summed E-state index contributed by atoms with van der Waals surface area (Å²) in [6.07, 6.45) is 1.20. The first-order valence-electron chi connectivity index (χ1n) is 7.13. The first kappa shape index (κ1) is 18.9. The molecule has 118 valence electrons. The zero-order valence-corrected chi connectivity index (χ0v) is 12.8. The topological polar surface area (TPSA) is 98.7 Å². The largest absolute Gasteiger partial charge is 0.394 e. The van der Waals surface area contributed by atoms with E-state index in [1.807, 2.05) is 27.7 Å². The third kappa shape index (κ3) is 8.12. The van der Waals surface area contributed by atoms with Gasteiger partial charge in [0.05, 0.1) is 25.3 Å². The Labute approximate surface area is 120 Å². The minimum atomic E-state index is -0.771. The van der Waals surface area contributed by atoms with E-state index in [9.17, 15) is 9.59 Å². The number of hydrogen-bond donors (Lipinski definition) is 4. The van der Waals surface area contributed by atoms with Gasteiger partial charge in [-0.05, 0) is 24.7 Å². The lowest BCUT2D eigenvalue weighted by molar-refractivity contribution is -0.140. The summed E-state index contributed by atoms with van der Waals surface area (Å²) in [5.74, 6) is -0.929. The van der Waals surface area contributed by atoms with Crippen molar-refractivity contribution in [3.8, 4) is 0 Å². The normalized spacial score (nSPS) is 14.2. The maximum absolute atomic E-state index is 11.7. The molecule has 0 aliphatic heterocycles. The number of carbonyl (C=O) groups is 2. The summed E-state index contributed by atoms with van der Waals surface area (Å²) in [5.41, 5.74) is 0. The molecule has 0 unspecified atom stereocenters. The average Bonchev–Trinajstić information content (AvgIpc) is 2.35. The first-order chi connectivity index (χ1) is 9.29. The van der Waals surface area contributed by atoms with Crippen LogP contribution in [0.15, 0.2) is 0 Å². The monoisotopic (exact) mass is 288 g/mol. The van der Waals surface area contributed by atoms with Crippen molar-refractivity contribution < 1.29 is 19.8 Å². The molecule has 2 amide bonds. The summed E-state index contributed by atoms with van der Waals surface area (Å²) in [7, 11) is 0. The second kappa shape index (κ2) is 9.72. The van der Waals surface area contributed by atoms with Gasteiger partial charge in [0.2, 0.25) is 0 Å². The number of aliphatic hydroxyl groups is 2. The zero-order chi connectivity index (χ0) is 15.7. The van der Waals surface area contributed by atoms with Crippen LogP contribution >= 0.6 is 0 Å². The molecule has 0 aliphatic rings. The molecule has 0 bridgehead atoms. The first-order valence-corrected chi connectivity index (χ1v) is 7.13. The van der Waals surface area contributed by atoms with Gasteiger partial charge in [-0.15, -0.1) is 0 Å². The van der Waals surface area contributed by atoms with E-state index in [-0.39, 0.29) is 13.2 Å². The van der Waals surface area contributed by atoms with Crippen LogP contribution in [0.1, 0.15) is 40.5 Å².